The van der Waals surface area contributed by atoms with Gasteiger partial charge < -0.3 is 10.2 Å². The third kappa shape index (κ3) is 7.25. The van der Waals surface area contributed by atoms with Crippen LogP contribution >= 0.6 is 11.6 Å². The average molecular weight is 498 g/mol. The number of hydrogen-bond acceptors (Lipinski definition) is 4. The molecule has 0 aliphatic heterocycles. The quantitative estimate of drug-likeness (QED) is 0.545. The Morgan fingerprint density at radius 3 is 2.24 bits per heavy atom. The first-order valence-electron chi connectivity index (χ1n) is 10.5. The molecule has 180 valence electrons. The lowest BCUT2D eigenvalue weighted by atomic mass is 10.1. The lowest BCUT2D eigenvalue weighted by Gasteiger charge is -2.30. The molecule has 2 amide bonds. The summed E-state index contributed by atoms with van der Waals surface area (Å²) >= 11 is 5.83. The molecule has 7 nitrogen and oxygen atoms in total. The standard InChI is InChI=1S/C23H29ClFN3O4S/c1-16(2)13-26-23(30)17(3)28(14-18-7-5-6-8-21(18)25)22(29)15-27(4)33(31,32)20-11-9-19(24)10-12-20/h5-12,16-17H,13-15H2,1-4H3,(H,26,30)/t17-/m1/s1. The number of carbonyl (C=O) groups excluding carboxylic acids is 2. The van der Waals surface area contributed by atoms with Gasteiger partial charge in [0.15, 0.2) is 0 Å². The molecule has 0 bridgehead atoms. The van der Waals surface area contributed by atoms with Gasteiger partial charge in [-0.05, 0) is 43.2 Å². The maximum Gasteiger partial charge on any atom is 0.243 e. The second-order valence-electron chi connectivity index (χ2n) is 8.14. The summed E-state index contributed by atoms with van der Waals surface area (Å²) in [6, 6.07) is 10.6. The fraction of sp³-hybridized carbons (Fsp3) is 0.391. The Labute approximate surface area is 199 Å². The zero-order valence-corrected chi connectivity index (χ0v) is 20.7. The maximum atomic E-state index is 14.3. The van der Waals surface area contributed by atoms with Gasteiger partial charge in [0, 0.05) is 30.7 Å². The van der Waals surface area contributed by atoms with Gasteiger partial charge in [-0.15, -0.1) is 0 Å². The Balaban J connectivity index is 2.27. The van der Waals surface area contributed by atoms with Crippen LogP contribution in [0.5, 0.6) is 0 Å². The second-order valence-corrected chi connectivity index (χ2v) is 10.6. The smallest absolute Gasteiger partial charge is 0.243 e. The van der Waals surface area contributed by atoms with E-state index >= 15 is 0 Å². The summed E-state index contributed by atoms with van der Waals surface area (Å²) in [5.41, 5.74) is 0.220. The van der Waals surface area contributed by atoms with Gasteiger partial charge in [-0.3, -0.25) is 9.59 Å². The van der Waals surface area contributed by atoms with Crippen molar-refractivity contribution in [2.75, 3.05) is 20.1 Å². The summed E-state index contributed by atoms with van der Waals surface area (Å²) in [5, 5.41) is 3.14. The number of benzene rings is 2. The maximum absolute atomic E-state index is 14.3. The van der Waals surface area contributed by atoms with Gasteiger partial charge in [-0.2, -0.15) is 4.31 Å². The van der Waals surface area contributed by atoms with Crippen molar-refractivity contribution in [2.24, 2.45) is 5.92 Å². The van der Waals surface area contributed by atoms with Gasteiger partial charge in [-0.1, -0.05) is 43.6 Å². The van der Waals surface area contributed by atoms with Gasteiger partial charge >= 0.3 is 0 Å². The highest BCUT2D eigenvalue weighted by Crippen LogP contribution is 2.19. The van der Waals surface area contributed by atoms with E-state index in [0.29, 0.717) is 11.6 Å². The topological polar surface area (TPSA) is 86.8 Å². The van der Waals surface area contributed by atoms with Crippen LogP contribution in [0.1, 0.15) is 26.3 Å². The van der Waals surface area contributed by atoms with Crippen molar-refractivity contribution < 1.29 is 22.4 Å². The summed E-state index contributed by atoms with van der Waals surface area (Å²) in [7, 11) is -2.71. The number of nitrogens with zero attached hydrogens (tertiary/aromatic N) is 2. The Bertz CT molecular complexity index is 1080. The normalized spacial score (nSPS) is 12.6. The van der Waals surface area contributed by atoms with E-state index < -0.39 is 40.2 Å². The molecule has 1 atom stereocenters. The number of hydrogen-bond donors (Lipinski definition) is 1. The molecular weight excluding hydrogens is 469 g/mol. The summed E-state index contributed by atoms with van der Waals surface area (Å²) in [5.74, 6) is -1.36. The number of nitrogens with one attached hydrogen (secondary N) is 1. The lowest BCUT2D eigenvalue weighted by molar-refractivity contribution is -0.140. The van der Waals surface area contributed by atoms with E-state index in [1.807, 2.05) is 13.8 Å². The predicted molar refractivity (Wildman–Crippen MR) is 126 cm³/mol. The monoisotopic (exact) mass is 497 g/mol. The molecule has 0 saturated carbocycles. The highest BCUT2D eigenvalue weighted by atomic mass is 35.5. The van der Waals surface area contributed by atoms with Crippen LogP contribution in [-0.2, 0) is 26.2 Å². The van der Waals surface area contributed by atoms with Crippen molar-refractivity contribution in [3.63, 3.8) is 0 Å². The van der Waals surface area contributed by atoms with Crippen molar-refractivity contribution in [3.8, 4) is 0 Å². The molecule has 0 saturated heterocycles. The average Bonchev–Trinajstić information content (AvgIpc) is 2.76. The number of carbonyl (C=O) groups is 2. The molecule has 0 unspecified atom stereocenters. The number of amides is 2. The van der Waals surface area contributed by atoms with Crippen LogP contribution in [0.4, 0.5) is 4.39 Å². The van der Waals surface area contributed by atoms with Gasteiger partial charge in [0.1, 0.15) is 11.9 Å². The van der Waals surface area contributed by atoms with E-state index in [9.17, 15) is 22.4 Å². The Hall–Kier alpha value is -2.49. The minimum absolute atomic E-state index is 0.0226. The highest BCUT2D eigenvalue weighted by Gasteiger charge is 2.30. The molecular formula is C23H29ClFN3O4S. The Kier molecular flexibility index (Phi) is 9.39. The first-order valence-corrected chi connectivity index (χ1v) is 12.3. The van der Waals surface area contributed by atoms with Gasteiger partial charge in [0.05, 0.1) is 11.4 Å². The minimum atomic E-state index is -3.98. The Morgan fingerprint density at radius 1 is 1.06 bits per heavy atom. The van der Waals surface area contributed by atoms with E-state index in [1.54, 1.807) is 6.07 Å². The zero-order valence-electron chi connectivity index (χ0n) is 19.1. The van der Waals surface area contributed by atoms with Crippen molar-refractivity contribution in [2.45, 2.75) is 38.3 Å². The van der Waals surface area contributed by atoms with Crippen LogP contribution in [0, 0.1) is 11.7 Å². The number of halogens is 2. The summed E-state index contributed by atoms with van der Waals surface area (Å²) in [6.07, 6.45) is 0. The van der Waals surface area contributed by atoms with Crippen LogP contribution in [-0.4, -0.2) is 55.6 Å². The van der Waals surface area contributed by atoms with Crippen LogP contribution in [0.3, 0.4) is 0 Å². The molecule has 0 aromatic heterocycles. The molecule has 0 fully saturated rings. The van der Waals surface area contributed by atoms with Crippen LogP contribution in [0.25, 0.3) is 0 Å². The van der Waals surface area contributed by atoms with Gasteiger partial charge in [0.2, 0.25) is 21.8 Å². The first kappa shape index (κ1) is 26.8. The molecule has 0 heterocycles. The molecule has 2 aromatic carbocycles. The Morgan fingerprint density at radius 2 is 1.67 bits per heavy atom. The van der Waals surface area contributed by atoms with Crippen molar-refractivity contribution in [3.05, 3.63) is 64.9 Å². The highest BCUT2D eigenvalue weighted by molar-refractivity contribution is 7.89. The molecule has 0 spiro atoms. The third-order valence-corrected chi connectivity index (χ3v) is 7.10. The van der Waals surface area contributed by atoms with Gasteiger partial charge in [0.25, 0.3) is 0 Å². The van der Waals surface area contributed by atoms with Crippen LogP contribution in [0.15, 0.2) is 53.4 Å². The fourth-order valence-corrected chi connectivity index (χ4v) is 4.24. The van der Waals surface area contributed by atoms with Crippen molar-refractivity contribution in [1.29, 1.82) is 0 Å². The van der Waals surface area contributed by atoms with E-state index in [-0.39, 0.29) is 22.9 Å². The largest absolute Gasteiger partial charge is 0.354 e. The van der Waals surface area contributed by atoms with E-state index in [4.69, 9.17) is 11.6 Å². The first-order chi connectivity index (χ1) is 15.4. The predicted octanol–water partition coefficient (Wildman–Crippen LogP) is 3.29. The number of rotatable bonds is 10. The summed E-state index contributed by atoms with van der Waals surface area (Å²) in [4.78, 5) is 27.0. The number of likely N-dealkylation sites (N-methyl/N-ethyl adjacent to an activating group) is 1. The molecule has 0 aliphatic rings. The molecule has 1 N–H and O–H groups in total. The lowest BCUT2D eigenvalue weighted by Crippen LogP contribution is -2.51. The molecule has 10 heteroatoms. The van der Waals surface area contributed by atoms with E-state index in [1.165, 1.54) is 61.3 Å². The minimum Gasteiger partial charge on any atom is -0.354 e. The van der Waals surface area contributed by atoms with Crippen LogP contribution in [0.2, 0.25) is 5.02 Å². The molecule has 33 heavy (non-hydrogen) atoms. The molecule has 0 radical (unpaired) electrons. The zero-order chi connectivity index (χ0) is 24.8. The SMILES string of the molecule is CC(C)CNC(=O)[C@@H](C)N(Cc1ccccc1F)C(=O)CN(C)S(=O)(=O)c1ccc(Cl)cc1. The van der Waals surface area contributed by atoms with Crippen LogP contribution < -0.4 is 5.32 Å². The fourth-order valence-electron chi connectivity index (χ4n) is 3.00. The number of sulfonamides is 1. The second kappa shape index (κ2) is 11.6. The van der Waals surface area contributed by atoms with Crippen molar-refractivity contribution in [1.82, 2.24) is 14.5 Å². The molecule has 2 aromatic rings. The van der Waals surface area contributed by atoms with E-state index in [0.717, 1.165) is 4.31 Å². The summed E-state index contributed by atoms with van der Waals surface area (Å²) in [6.45, 7) is 5.10. The van der Waals surface area contributed by atoms with E-state index in [2.05, 4.69) is 5.32 Å². The third-order valence-electron chi connectivity index (χ3n) is 5.03. The van der Waals surface area contributed by atoms with Gasteiger partial charge in [-0.25, -0.2) is 12.8 Å². The molecule has 0 aliphatic carbocycles. The van der Waals surface area contributed by atoms with Crippen molar-refractivity contribution >= 4 is 33.4 Å². The molecule has 2 rings (SSSR count). The summed E-state index contributed by atoms with van der Waals surface area (Å²) < 4.78 is 40.9.